The van der Waals surface area contributed by atoms with Crippen LogP contribution in [-0.2, 0) is 11.3 Å². The summed E-state index contributed by atoms with van der Waals surface area (Å²) in [5.41, 5.74) is 2.20. The van der Waals surface area contributed by atoms with E-state index in [-0.39, 0.29) is 5.91 Å². The fourth-order valence-corrected chi connectivity index (χ4v) is 4.28. The number of carbonyl (C=O) groups is 1. The third-order valence-corrected chi connectivity index (χ3v) is 6.11. The molecular formula is C21H34N4O. The largest absolute Gasteiger partial charge is 0.326 e. The summed E-state index contributed by atoms with van der Waals surface area (Å²) in [6, 6.07) is 8.97. The molecule has 0 bridgehead atoms. The summed E-state index contributed by atoms with van der Waals surface area (Å²) < 4.78 is 0. The summed E-state index contributed by atoms with van der Waals surface area (Å²) >= 11 is 0. The smallest absolute Gasteiger partial charge is 0.221 e. The second kappa shape index (κ2) is 8.98. The number of benzene rings is 1. The van der Waals surface area contributed by atoms with Gasteiger partial charge in [0.1, 0.15) is 0 Å². The molecule has 2 fully saturated rings. The lowest BCUT2D eigenvalue weighted by Crippen LogP contribution is -2.51. The first kappa shape index (κ1) is 19.3. The molecule has 0 saturated carbocycles. The molecule has 0 radical (unpaired) electrons. The topological polar surface area (TPSA) is 38.8 Å². The van der Waals surface area contributed by atoms with E-state index in [0.29, 0.717) is 6.04 Å². The van der Waals surface area contributed by atoms with Gasteiger partial charge in [-0.05, 0) is 63.5 Å². The molecule has 5 nitrogen and oxygen atoms in total. The van der Waals surface area contributed by atoms with Crippen LogP contribution in [0.1, 0.15) is 32.3 Å². The Morgan fingerprint density at radius 1 is 1.08 bits per heavy atom. The zero-order valence-electron chi connectivity index (χ0n) is 16.6. The summed E-state index contributed by atoms with van der Waals surface area (Å²) in [6.07, 6.45) is 2.61. The number of amides is 1. The normalized spacial score (nSPS) is 22.3. The van der Waals surface area contributed by atoms with Crippen LogP contribution in [0, 0.1) is 5.92 Å². The molecule has 1 atom stereocenters. The Balaban J connectivity index is 1.44. The lowest BCUT2D eigenvalue weighted by atomic mass is 9.89. The van der Waals surface area contributed by atoms with Crippen molar-refractivity contribution in [2.24, 2.45) is 5.92 Å². The number of carbonyl (C=O) groups excluding carboxylic acids is 1. The van der Waals surface area contributed by atoms with Crippen molar-refractivity contribution in [3.05, 3.63) is 29.8 Å². The molecule has 1 unspecified atom stereocenters. The maximum absolute atomic E-state index is 11.1. The van der Waals surface area contributed by atoms with E-state index in [2.05, 4.69) is 46.1 Å². The number of piperidine rings is 1. The highest BCUT2D eigenvalue weighted by Gasteiger charge is 2.29. The number of piperazine rings is 1. The summed E-state index contributed by atoms with van der Waals surface area (Å²) in [4.78, 5) is 18.8. The standard InChI is InChI=1S/C21H34N4O/c1-17(25-14-12-23(3)13-15-25)20-8-10-24(11-9-20)16-19-4-6-21(7-5-19)22-18(2)26/h4-7,17,20H,8-16H2,1-3H3,(H,22,26). The van der Waals surface area contributed by atoms with Gasteiger partial charge in [0.15, 0.2) is 0 Å². The Kier molecular flexibility index (Phi) is 6.68. The van der Waals surface area contributed by atoms with Crippen molar-refractivity contribution >= 4 is 11.6 Å². The van der Waals surface area contributed by atoms with Gasteiger partial charge in [0.05, 0.1) is 0 Å². The minimum absolute atomic E-state index is 0.0192. The lowest BCUT2D eigenvalue weighted by molar-refractivity contribution is -0.114. The molecule has 2 aliphatic heterocycles. The summed E-state index contributed by atoms with van der Waals surface area (Å²) in [5, 5.41) is 2.83. The number of hydrogen-bond donors (Lipinski definition) is 1. The number of rotatable bonds is 5. The van der Waals surface area contributed by atoms with Crippen molar-refractivity contribution in [2.45, 2.75) is 39.3 Å². The van der Waals surface area contributed by atoms with Crippen molar-refractivity contribution in [1.29, 1.82) is 0 Å². The highest BCUT2D eigenvalue weighted by Crippen LogP contribution is 2.26. The average molecular weight is 359 g/mol. The van der Waals surface area contributed by atoms with Gasteiger partial charge in [-0.25, -0.2) is 0 Å². The Labute approximate surface area is 158 Å². The number of nitrogens with one attached hydrogen (secondary N) is 1. The van der Waals surface area contributed by atoms with Gasteiger partial charge >= 0.3 is 0 Å². The predicted molar refractivity (Wildman–Crippen MR) is 107 cm³/mol. The molecule has 0 aromatic heterocycles. The molecule has 1 N–H and O–H groups in total. The Bertz CT molecular complexity index is 572. The first-order valence-electron chi connectivity index (χ1n) is 10.0. The number of likely N-dealkylation sites (N-methyl/N-ethyl adjacent to an activating group) is 1. The van der Waals surface area contributed by atoms with Crippen LogP contribution >= 0.6 is 0 Å². The van der Waals surface area contributed by atoms with Crippen molar-refractivity contribution in [3.8, 4) is 0 Å². The lowest BCUT2D eigenvalue weighted by Gasteiger charge is -2.42. The van der Waals surface area contributed by atoms with E-state index in [0.717, 1.165) is 18.2 Å². The maximum Gasteiger partial charge on any atom is 0.221 e. The molecule has 26 heavy (non-hydrogen) atoms. The maximum atomic E-state index is 11.1. The predicted octanol–water partition coefficient (Wildman–Crippen LogP) is 2.49. The Hall–Kier alpha value is -1.43. The van der Waals surface area contributed by atoms with Gasteiger partial charge < -0.3 is 10.2 Å². The zero-order chi connectivity index (χ0) is 18.5. The number of anilines is 1. The molecular weight excluding hydrogens is 324 g/mol. The van der Waals surface area contributed by atoms with E-state index < -0.39 is 0 Å². The zero-order valence-corrected chi connectivity index (χ0v) is 16.6. The third-order valence-electron chi connectivity index (χ3n) is 6.11. The molecule has 1 aromatic carbocycles. The minimum atomic E-state index is -0.0192. The molecule has 1 aromatic rings. The van der Waals surface area contributed by atoms with Gasteiger partial charge in [-0.3, -0.25) is 14.6 Å². The van der Waals surface area contributed by atoms with Crippen molar-refractivity contribution in [2.75, 3.05) is 51.6 Å². The molecule has 0 spiro atoms. The van der Waals surface area contributed by atoms with E-state index >= 15 is 0 Å². The molecule has 144 valence electrons. The van der Waals surface area contributed by atoms with Gasteiger partial charge in [0.25, 0.3) is 0 Å². The van der Waals surface area contributed by atoms with Crippen LogP contribution in [0.4, 0.5) is 5.69 Å². The van der Waals surface area contributed by atoms with Gasteiger partial charge in [-0.15, -0.1) is 0 Å². The minimum Gasteiger partial charge on any atom is -0.326 e. The van der Waals surface area contributed by atoms with E-state index in [1.807, 2.05) is 12.1 Å². The second-order valence-corrected chi connectivity index (χ2v) is 8.07. The number of likely N-dealkylation sites (tertiary alicyclic amines) is 1. The molecule has 0 aliphatic carbocycles. The third kappa shape index (κ3) is 5.29. The van der Waals surface area contributed by atoms with E-state index in [9.17, 15) is 4.79 Å². The molecule has 2 aliphatic rings. The van der Waals surface area contributed by atoms with Gasteiger partial charge in [-0.2, -0.15) is 0 Å². The monoisotopic (exact) mass is 358 g/mol. The quantitative estimate of drug-likeness (QED) is 0.878. The van der Waals surface area contributed by atoms with Crippen LogP contribution in [0.25, 0.3) is 0 Å². The Morgan fingerprint density at radius 2 is 1.69 bits per heavy atom. The summed E-state index contributed by atoms with van der Waals surface area (Å²) in [5.74, 6) is 0.811. The van der Waals surface area contributed by atoms with Crippen LogP contribution in [-0.4, -0.2) is 73.0 Å². The Morgan fingerprint density at radius 3 is 2.27 bits per heavy atom. The van der Waals surface area contributed by atoms with Crippen molar-refractivity contribution in [1.82, 2.24) is 14.7 Å². The molecule has 2 saturated heterocycles. The van der Waals surface area contributed by atoms with Gasteiger partial charge in [0.2, 0.25) is 5.91 Å². The average Bonchev–Trinajstić information content (AvgIpc) is 2.64. The molecule has 3 rings (SSSR count). The highest BCUT2D eigenvalue weighted by atomic mass is 16.1. The molecule has 2 heterocycles. The molecule has 5 heteroatoms. The van der Waals surface area contributed by atoms with Crippen LogP contribution in [0.5, 0.6) is 0 Å². The van der Waals surface area contributed by atoms with Crippen LogP contribution in [0.2, 0.25) is 0 Å². The highest BCUT2D eigenvalue weighted by molar-refractivity contribution is 5.88. The SMILES string of the molecule is CC(=O)Nc1ccc(CN2CCC(C(C)N3CCN(C)CC3)CC2)cc1. The van der Waals surface area contributed by atoms with Gasteiger partial charge in [-0.1, -0.05) is 12.1 Å². The van der Waals surface area contributed by atoms with E-state index in [1.54, 1.807) is 6.92 Å². The van der Waals surface area contributed by atoms with Crippen LogP contribution in [0.15, 0.2) is 24.3 Å². The fraction of sp³-hybridized carbons (Fsp3) is 0.667. The second-order valence-electron chi connectivity index (χ2n) is 8.07. The van der Waals surface area contributed by atoms with Gasteiger partial charge in [0, 0.05) is 51.4 Å². The summed E-state index contributed by atoms with van der Waals surface area (Å²) in [6.45, 7) is 12.2. The fourth-order valence-electron chi connectivity index (χ4n) is 4.28. The van der Waals surface area contributed by atoms with Crippen molar-refractivity contribution in [3.63, 3.8) is 0 Å². The first-order chi connectivity index (χ1) is 12.5. The molecule has 1 amide bonds. The van der Waals surface area contributed by atoms with E-state index in [1.165, 1.54) is 57.7 Å². The number of nitrogens with zero attached hydrogens (tertiary/aromatic N) is 3. The first-order valence-corrected chi connectivity index (χ1v) is 10.0. The van der Waals surface area contributed by atoms with Crippen molar-refractivity contribution < 1.29 is 4.79 Å². The van der Waals surface area contributed by atoms with Crippen LogP contribution < -0.4 is 5.32 Å². The van der Waals surface area contributed by atoms with E-state index in [4.69, 9.17) is 0 Å². The van der Waals surface area contributed by atoms with Crippen LogP contribution in [0.3, 0.4) is 0 Å². The number of hydrogen-bond acceptors (Lipinski definition) is 4. The summed E-state index contributed by atoms with van der Waals surface area (Å²) in [7, 11) is 2.23.